The number of rotatable bonds is 4. The summed E-state index contributed by atoms with van der Waals surface area (Å²) in [5.41, 5.74) is -1.46. The van der Waals surface area contributed by atoms with Crippen molar-refractivity contribution in [1.29, 1.82) is 0 Å². The monoisotopic (exact) mass is 467 g/mol. The number of urea groups is 1. The highest BCUT2D eigenvalue weighted by Gasteiger charge is 2.55. The Hall–Kier alpha value is -3.77. The molecule has 0 bridgehead atoms. The summed E-state index contributed by atoms with van der Waals surface area (Å²) in [6.07, 6.45) is -0.393. The molecule has 0 unspecified atom stereocenters. The number of hydrogen-bond acceptors (Lipinski definition) is 4. The molecule has 176 valence electrons. The van der Waals surface area contributed by atoms with Crippen LogP contribution in [0.15, 0.2) is 42.5 Å². The number of nitrogens with zero attached hydrogens (tertiary/aromatic N) is 3. The van der Waals surface area contributed by atoms with E-state index in [2.05, 4.69) is 11.8 Å². The van der Waals surface area contributed by atoms with Gasteiger partial charge in [0, 0.05) is 37.9 Å². The van der Waals surface area contributed by atoms with E-state index in [9.17, 15) is 14.4 Å². The molecule has 2 aliphatic rings. The van der Waals surface area contributed by atoms with Crippen molar-refractivity contribution in [3.8, 4) is 11.8 Å². The number of benzene rings is 2. The molecular weight excluding hydrogens is 444 g/mol. The topological polar surface area (TPSA) is 70.2 Å². The Labute approximate surface area is 195 Å². The maximum atomic E-state index is 15.0. The Bertz CT molecular complexity index is 1180. The van der Waals surface area contributed by atoms with Crippen LogP contribution in [-0.2, 0) is 14.3 Å². The predicted octanol–water partition coefficient (Wildman–Crippen LogP) is 2.77. The van der Waals surface area contributed by atoms with Crippen molar-refractivity contribution in [1.82, 2.24) is 9.80 Å². The quantitative estimate of drug-likeness (QED) is 0.649. The molecule has 2 aromatic rings. The van der Waals surface area contributed by atoms with Gasteiger partial charge in [0.2, 0.25) is 11.8 Å². The number of imide groups is 1. The number of amides is 4. The van der Waals surface area contributed by atoms with Gasteiger partial charge in [0.1, 0.15) is 11.2 Å². The lowest BCUT2D eigenvalue weighted by Crippen LogP contribution is -2.72. The minimum atomic E-state index is -1.43. The first-order valence-corrected chi connectivity index (χ1v) is 10.8. The van der Waals surface area contributed by atoms with Crippen molar-refractivity contribution in [2.45, 2.75) is 18.9 Å². The minimum absolute atomic E-state index is 0.0614. The normalized spacial score (nSPS) is 20.2. The standard InChI is InChI=1S/C25H23F2N3O4/c1-25-16-21(31)30(24(33)29(25)11-10-28(23(25)32)12-13-34-2)22-19(26)14-18(15-20(22)27)9-8-17-6-4-3-5-7-17/h3-7,14-15H,10-13,16H2,1-2H3/t25-/m0/s1. The molecule has 1 atom stereocenters. The molecule has 4 rings (SSSR count). The average molecular weight is 467 g/mol. The largest absolute Gasteiger partial charge is 0.383 e. The number of carbonyl (C=O) groups is 3. The molecule has 0 saturated carbocycles. The average Bonchev–Trinajstić information content (AvgIpc) is 2.80. The molecule has 0 N–H and O–H groups in total. The highest BCUT2D eigenvalue weighted by molar-refractivity contribution is 6.19. The molecule has 7 nitrogen and oxygen atoms in total. The molecular formula is C25H23F2N3O4. The van der Waals surface area contributed by atoms with Crippen LogP contribution in [0.3, 0.4) is 0 Å². The molecule has 0 spiro atoms. The number of carbonyl (C=O) groups excluding carboxylic acids is 3. The summed E-state index contributed by atoms with van der Waals surface area (Å²) < 4.78 is 35.0. The summed E-state index contributed by atoms with van der Waals surface area (Å²) in [7, 11) is 1.51. The fourth-order valence-electron chi connectivity index (χ4n) is 4.26. The molecule has 0 aliphatic carbocycles. The Morgan fingerprint density at radius 1 is 1.00 bits per heavy atom. The third-order valence-electron chi connectivity index (χ3n) is 6.04. The predicted molar refractivity (Wildman–Crippen MR) is 120 cm³/mol. The van der Waals surface area contributed by atoms with Crippen LogP contribution in [0, 0.1) is 23.5 Å². The highest BCUT2D eigenvalue weighted by Crippen LogP contribution is 2.36. The van der Waals surface area contributed by atoms with Crippen molar-refractivity contribution in [3.05, 3.63) is 65.2 Å². The number of halogens is 2. The zero-order valence-corrected chi connectivity index (χ0v) is 18.8. The SMILES string of the molecule is COCCN1CCN2C(=O)N(c3c(F)cc(C#Cc4ccccc4)cc3F)C(=O)C[C@@]2(C)C1=O. The fraction of sp³-hybridized carbons (Fsp3) is 0.320. The zero-order chi connectivity index (χ0) is 24.5. The Morgan fingerprint density at radius 3 is 2.29 bits per heavy atom. The minimum Gasteiger partial charge on any atom is -0.383 e. The molecule has 34 heavy (non-hydrogen) atoms. The van der Waals surface area contributed by atoms with Crippen LogP contribution in [0.1, 0.15) is 24.5 Å². The van der Waals surface area contributed by atoms with E-state index >= 15 is 8.78 Å². The van der Waals surface area contributed by atoms with Gasteiger partial charge < -0.3 is 14.5 Å². The van der Waals surface area contributed by atoms with Gasteiger partial charge in [-0.05, 0) is 31.2 Å². The Morgan fingerprint density at radius 2 is 1.65 bits per heavy atom. The van der Waals surface area contributed by atoms with Gasteiger partial charge in [-0.3, -0.25) is 9.59 Å². The van der Waals surface area contributed by atoms with Gasteiger partial charge in [-0.2, -0.15) is 0 Å². The molecule has 0 radical (unpaired) electrons. The summed E-state index contributed by atoms with van der Waals surface area (Å²) in [5, 5.41) is 0. The smallest absolute Gasteiger partial charge is 0.332 e. The van der Waals surface area contributed by atoms with Crippen LogP contribution in [0.2, 0.25) is 0 Å². The summed E-state index contributed by atoms with van der Waals surface area (Å²) in [6.45, 7) is 2.48. The molecule has 0 aromatic heterocycles. The van der Waals surface area contributed by atoms with E-state index in [0.717, 1.165) is 12.1 Å². The van der Waals surface area contributed by atoms with Crippen LogP contribution < -0.4 is 4.90 Å². The van der Waals surface area contributed by atoms with Crippen LogP contribution in [0.4, 0.5) is 19.3 Å². The highest BCUT2D eigenvalue weighted by atomic mass is 19.1. The lowest BCUT2D eigenvalue weighted by atomic mass is 9.88. The summed E-state index contributed by atoms with van der Waals surface area (Å²) in [6, 6.07) is 9.95. The number of fused-ring (bicyclic) bond motifs is 1. The maximum Gasteiger partial charge on any atom is 0.332 e. The van der Waals surface area contributed by atoms with Gasteiger partial charge in [0.05, 0.1) is 13.0 Å². The summed E-state index contributed by atoms with van der Waals surface area (Å²) >= 11 is 0. The van der Waals surface area contributed by atoms with E-state index in [4.69, 9.17) is 4.74 Å². The first-order chi connectivity index (χ1) is 16.3. The second-order valence-electron chi connectivity index (χ2n) is 8.30. The van der Waals surface area contributed by atoms with Crippen molar-refractivity contribution < 1.29 is 27.9 Å². The van der Waals surface area contributed by atoms with Gasteiger partial charge in [-0.25, -0.2) is 18.5 Å². The molecule has 2 heterocycles. The lowest BCUT2D eigenvalue weighted by molar-refractivity contribution is -0.152. The molecule has 4 amide bonds. The molecule has 2 aromatic carbocycles. The Balaban J connectivity index is 1.62. The van der Waals surface area contributed by atoms with E-state index in [1.165, 1.54) is 23.8 Å². The molecule has 9 heteroatoms. The first-order valence-electron chi connectivity index (χ1n) is 10.8. The number of piperazine rings is 1. The van der Waals surface area contributed by atoms with Crippen molar-refractivity contribution >= 4 is 23.5 Å². The van der Waals surface area contributed by atoms with E-state index in [0.29, 0.717) is 23.6 Å². The number of anilines is 1. The van der Waals surface area contributed by atoms with Gasteiger partial charge >= 0.3 is 6.03 Å². The zero-order valence-electron chi connectivity index (χ0n) is 18.8. The van der Waals surface area contributed by atoms with Crippen LogP contribution in [0.5, 0.6) is 0 Å². The van der Waals surface area contributed by atoms with Gasteiger partial charge in [-0.1, -0.05) is 30.0 Å². The Kier molecular flexibility index (Phi) is 6.35. The molecule has 2 saturated heterocycles. The second kappa shape index (κ2) is 9.23. The van der Waals surface area contributed by atoms with Crippen molar-refractivity contribution in [3.63, 3.8) is 0 Å². The lowest BCUT2D eigenvalue weighted by Gasteiger charge is -2.51. The fourth-order valence-corrected chi connectivity index (χ4v) is 4.26. The van der Waals surface area contributed by atoms with Crippen molar-refractivity contribution in [2.24, 2.45) is 0 Å². The van der Waals surface area contributed by atoms with Crippen molar-refractivity contribution in [2.75, 3.05) is 38.3 Å². The van der Waals surface area contributed by atoms with E-state index in [1.807, 2.05) is 6.07 Å². The first kappa shape index (κ1) is 23.4. The van der Waals surface area contributed by atoms with Gasteiger partial charge in [0.15, 0.2) is 11.6 Å². The van der Waals surface area contributed by atoms with E-state index in [-0.39, 0.29) is 18.7 Å². The number of methoxy groups -OCH3 is 1. The third-order valence-corrected chi connectivity index (χ3v) is 6.04. The second-order valence-corrected chi connectivity index (χ2v) is 8.30. The van der Waals surface area contributed by atoms with E-state index < -0.39 is 47.1 Å². The maximum absolute atomic E-state index is 15.0. The third kappa shape index (κ3) is 4.13. The van der Waals surface area contributed by atoms with Crippen LogP contribution in [-0.4, -0.2) is 66.5 Å². The molecule has 2 fully saturated rings. The van der Waals surface area contributed by atoms with Gasteiger partial charge in [-0.15, -0.1) is 0 Å². The summed E-state index contributed by atoms with van der Waals surface area (Å²) in [4.78, 5) is 42.4. The van der Waals surface area contributed by atoms with Gasteiger partial charge in [0.25, 0.3) is 0 Å². The number of ether oxygens (including phenoxy) is 1. The van der Waals surface area contributed by atoms with Crippen LogP contribution >= 0.6 is 0 Å². The number of hydrogen-bond donors (Lipinski definition) is 0. The van der Waals surface area contributed by atoms with Crippen LogP contribution in [0.25, 0.3) is 0 Å². The molecule has 2 aliphatic heterocycles. The van der Waals surface area contributed by atoms with E-state index in [1.54, 1.807) is 24.3 Å². The summed E-state index contributed by atoms with van der Waals surface area (Å²) in [5.74, 6) is 2.06.